The molecule has 1 saturated carbocycles. The number of aromatic nitrogens is 5. The molecule has 2 unspecified atom stereocenters. The van der Waals surface area contributed by atoms with Crippen LogP contribution in [0.3, 0.4) is 0 Å². The van der Waals surface area contributed by atoms with Crippen molar-refractivity contribution in [1.82, 2.24) is 39.3 Å². The van der Waals surface area contributed by atoms with Gasteiger partial charge >= 0.3 is 5.69 Å². The summed E-state index contributed by atoms with van der Waals surface area (Å²) in [5.74, 6) is -0.490. The average molecular weight is 844 g/mol. The quantitative estimate of drug-likeness (QED) is 0.226. The smallest absolute Gasteiger partial charge is 0.329 e. The van der Waals surface area contributed by atoms with E-state index in [1.54, 1.807) is 17.8 Å². The SMILES string of the molecule is Cn1c(=O)n(C2CCC(=O)NC2=O)c2cccc(CC[C@@H]3CN(C[C@H]4CC[C@H](C5N=C(NC(=O)c6cnn7ccc(N8CCCOCC8)nc67)C(C(F)F)=N5)CC4)CCO3)c21. The number of hydrogen-bond donors (Lipinski definition) is 2. The number of imide groups is 1. The van der Waals surface area contributed by atoms with Gasteiger partial charge in [0.15, 0.2) is 11.5 Å². The number of amidine groups is 1. The van der Waals surface area contributed by atoms with E-state index in [2.05, 4.69) is 35.5 Å². The van der Waals surface area contributed by atoms with Gasteiger partial charge in [0.05, 0.1) is 36.5 Å². The van der Waals surface area contributed by atoms with Crippen molar-refractivity contribution in [1.29, 1.82) is 0 Å². The summed E-state index contributed by atoms with van der Waals surface area (Å²) in [6.45, 7) is 5.81. The summed E-state index contributed by atoms with van der Waals surface area (Å²) in [7, 11) is 1.72. The maximum Gasteiger partial charge on any atom is 0.329 e. The van der Waals surface area contributed by atoms with Gasteiger partial charge < -0.3 is 19.7 Å². The lowest BCUT2D eigenvalue weighted by molar-refractivity contribution is -0.135. The number of carbonyl (C=O) groups excluding carboxylic acids is 3. The highest BCUT2D eigenvalue weighted by molar-refractivity contribution is 6.46. The van der Waals surface area contributed by atoms with Crippen molar-refractivity contribution < 1.29 is 32.6 Å². The molecular weight excluding hydrogens is 793 g/mol. The molecule has 7 heterocycles. The zero-order chi connectivity index (χ0) is 42.2. The van der Waals surface area contributed by atoms with Gasteiger partial charge in [-0.05, 0) is 75.0 Å². The first-order valence-electron chi connectivity index (χ1n) is 21.4. The Kier molecular flexibility index (Phi) is 11.8. The molecule has 0 radical (unpaired) electrons. The van der Waals surface area contributed by atoms with E-state index in [0.717, 1.165) is 75.8 Å². The molecule has 3 atom stereocenters. The van der Waals surface area contributed by atoms with Gasteiger partial charge in [-0.3, -0.25) is 38.7 Å². The number of rotatable bonds is 10. The van der Waals surface area contributed by atoms with Crippen LogP contribution in [-0.4, -0.2) is 129 Å². The summed E-state index contributed by atoms with van der Waals surface area (Å²) >= 11 is 0. The number of nitrogens with one attached hydrogen (secondary N) is 2. The second-order valence-electron chi connectivity index (χ2n) is 16.8. The molecule has 17 nitrogen and oxygen atoms in total. The molecule has 324 valence electrons. The van der Waals surface area contributed by atoms with E-state index in [-0.39, 0.29) is 47.9 Å². The molecule has 3 amide bonds. The number of nitrogens with zero attached hydrogens (tertiary/aromatic N) is 9. The van der Waals surface area contributed by atoms with Crippen molar-refractivity contribution in [2.24, 2.45) is 28.9 Å². The Morgan fingerprint density at radius 3 is 2.69 bits per heavy atom. The molecule has 2 N–H and O–H groups in total. The molecule has 4 fully saturated rings. The van der Waals surface area contributed by atoms with Crippen molar-refractivity contribution in [3.63, 3.8) is 0 Å². The number of alkyl halides is 2. The highest BCUT2D eigenvalue weighted by Crippen LogP contribution is 2.35. The Morgan fingerprint density at radius 1 is 1.02 bits per heavy atom. The first kappa shape index (κ1) is 41.0. The minimum absolute atomic E-state index is 0.00564. The van der Waals surface area contributed by atoms with Crippen LogP contribution in [0.25, 0.3) is 16.7 Å². The average Bonchev–Trinajstić information content (AvgIpc) is 3.87. The number of fused-ring (bicyclic) bond motifs is 2. The first-order valence-corrected chi connectivity index (χ1v) is 21.4. The van der Waals surface area contributed by atoms with E-state index in [1.807, 2.05) is 24.3 Å². The third-order valence-electron chi connectivity index (χ3n) is 12.9. The van der Waals surface area contributed by atoms with Gasteiger partial charge in [-0.2, -0.15) is 5.10 Å². The molecule has 61 heavy (non-hydrogen) atoms. The number of piperidine rings is 1. The van der Waals surface area contributed by atoms with Crippen LogP contribution >= 0.6 is 0 Å². The molecule has 19 heteroatoms. The zero-order valence-corrected chi connectivity index (χ0v) is 34.2. The number of morpholine rings is 1. The number of halogens is 2. The molecule has 0 bridgehead atoms. The van der Waals surface area contributed by atoms with Crippen molar-refractivity contribution in [3.05, 3.63) is 58.3 Å². The minimum atomic E-state index is -2.90. The number of aliphatic imine (C=N–C) groups is 2. The van der Waals surface area contributed by atoms with Gasteiger partial charge in [0.1, 0.15) is 29.3 Å². The van der Waals surface area contributed by atoms with Crippen LogP contribution in [0.15, 0.2) is 51.4 Å². The third kappa shape index (κ3) is 8.46. The number of benzene rings is 1. The highest BCUT2D eigenvalue weighted by Gasteiger charge is 2.37. The Hall–Kier alpha value is -5.40. The van der Waals surface area contributed by atoms with E-state index in [4.69, 9.17) is 14.5 Å². The van der Waals surface area contributed by atoms with Crippen LogP contribution in [0.2, 0.25) is 0 Å². The summed E-state index contributed by atoms with van der Waals surface area (Å²) in [5.41, 5.74) is 2.15. The molecule has 3 aromatic heterocycles. The minimum Gasteiger partial charge on any atom is -0.380 e. The highest BCUT2D eigenvalue weighted by atomic mass is 19.3. The fraction of sp³-hybridized carbons (Fsp3) is 0.571. The number of anilines is 1. The summed E-state index contributed by atoms with van der Waals surface area (Å²) in [6, 6.07) is 6.86. The lowest BCUT2D eigenvalue weighted by atomic mass is 9.80. The van der Waals surface area contributed by atoms with Gasteiger partial charge in [0, 0.05) is 64.9 Å². The molecule has 9 rings (SSSR count). The van der Waals surface area contributed by atoms with E-state index >= 15 is 0 Å². The van der Waals surface area contributed by atoms with Crippen molar-refractivity contribution in [2.45, 2.75) is 82.5 Å². The summed E-state index contributed by atoms with van der Waals surface area (Å²) in [6.07, 6.45) is 5.71. The monoisotopic (exact) mass is 843 g/mol. The summed E-state index contributed by atoms with van der Waals surface area (Å²) in [4.78, 5) is 69.5. The maximum atomic E-state index is 14.3. The largest absolute Gasteiger partial charge is 0.380 e. The van der Waals surface area contributed by atoms with Gasteiger partial charge in [0.25, 0.3) is 12.3 Å². The second kappa shape index (κ2) is 17.5. The van der Waals surface area contributed by atoms with Crippen LogP contribution in [-0.2, 0) is 32.5 Å². The van der Waals surface area contributed by atoms with Crippen molar-refractivity contribution in [2.75, 3.05) is 57.4 Å². The molecule has 3 saturated heterocycles. The molecule has 4 aliphatic heterocycles. The van der Waals surface area contributed by atoms with Crippen LogP contribution in [0.4, 0.5) is 14.6 Å². The number of hydrogen-bond acceptors (Lipinski definition) is 12. The number of aryl methyl sites for hydroxylation is 2. The van der Waals surface area contributed by atoms with E-state index < -0.39 is 36.2 Å². The first-order chi connectivity index (χ1) is 29.6. The van der Waals surface area contributed by atoms with Crippen molar-refractivity contribution in [3.8, 4) is 0 Å². The Labute approximate surface area is 350 Å². The van der Waals surface area contributed by atoms with Crippen LogP contribution in [0.1, 0.15) is 73.3 Å². The number of carbonyl (C=O) groups is 3. The topological polar surface area (TPSA) is 182 Å². The van der Waals surface area contributed by atoms with Gasteiger partial charge in [0.2, 0.25) is 11.8 Å². The van der Waals surface area contributed by atoms with E-state index in [0.29, 0.717) is 55.7 Å². The molecular formula is C42H51F2N11O6. The maximum absolute atomic E-state index is 14.3. The Bertz CT molecular complexity index is 2430. The fourth-order valence-electron chi connectivity index (χ4n) is 9.67. The fourth-order valence-corrected chi connectivity index (χ4v) is 9.67. The van der Waals surface area contributed by atoms with Crippen LogP contribution in [0, 0.1) is 11.8 Å². The normalized spacial score (nSPS) is 25.5. The van der Waals surface area contributed by atoms with Gasteiger partial charge in [-0.15, -0.1) is 0 Å². The van der Waals surface area contributed by atoms with Crippen LogP contribution in [0.5, 0.6) is 0 Å². The van der Waals surface area contributed by atoms with Crippen LogP contribution < -0.4 is 21.2 Å². The number of para-hydroxylation sites is 1. The van der Waals surface area contributed by atoms with E-state index in [9.17, 15) is 28.0 Å². The molecule has 5 aliphatic rings. The number of imidazole rings is 1. The lowest BCUT2D eigenvalue weighted by Gasteiger charge is -2.37. The predicted octanol–water partition coefficient (Wildman–Crippen LogP) is 2.90. The Balaban J connectivity index is 0.789. The standard InChI is InChI=1S/C42H51F2N11O6/c1-51-35-26(4-2-5-30(35)55(42(51)59)31-12-13-33(56)47-41(31)58)10-11-28-24-52(17-21-61-28)23-25-6-8-27(9-7-25)37-48-34(36(43)44)38(49-37)50-40(57)29-22-45-54-16-14-32(46-39(29)54)53-15-3-19-60-20-18-53/h2,4-5,14,16,22,25,27-28,31,36-37H,3,6-13,15,17-21,23-24H2,1H3,(H,47,56,58)(H,49,50,57)/t25-,27-,28-,31?,37?/m1/s1. The lowest BCUT2D eigenvalue weighted by Crippen LogP contribution is -2.45. The summed E-state index contributed by atoms with van der Waals surface area (Å²) < 4.78 is 45.0. The molecule has 0 spiro atoms. The van der Waals surface area contributed by atoms with E-state index in [1.165, 1.54) is 15.3 Å². The van der Waals surface area contributed by atoms with Crippen molar-refractivity contribution >= 4 is 51.8 Å². The van der Waals surface area contributed by atoms with Gasteiger partial charge in [-0.1, -0.05) is 12.1 Å². The van der Waals surface area contributed by atoms with Gasteiger partial charge in [-0.25, -0.2) is 28.1 Å². The zero-order valence-electron chi connectivity index (χ0n) is 34.2. The number of ether oxygens (including phenoxy) is 2. The Morgan fingerprint density at radius 2 is 1.87 bits per heavy atom. The number of amides is 3. The predicted molar refractivity (Wildman–Crippen MR) is 221 cm³/mol. The molecule has 1 aliphatic carbocycles. The molecule has 1 aromatic carbocycles. The summed E-state index contributed by atoms with van der Waals surface area (Å²) in [5, 5.41) is 9.25. The second-order valence-corrected chi connectivity index (χ2v) is 16.8. The molecule has 4 aromatic rings. The third-order valence-corrected chi connectivity index (χ3v) is 12.9.